The number of H-pyrrole nitrogens is 1. The maximum Gasteiger partial charge on any atom is 0.245 e. The summed E-state index contributed by atoms with van der Waals surface area (Å²) >= 11 is 1.56. The zero-order valence-electron chi connectivity index (χ0n) is 15.8. The number of carbonyl (C=O) groups excluding carboxylic acids is 2. The zero-order valence-corrected chi connectivity index (χ0v) is 16.6. The Hall–Kier alpha value is -2.60. The van der Waals surface area contributed by atoms with Gasteiger partial charge in [0.05, 0.1) is 6.42 Å². The number of para-hydroxylation sites is 1. The highest BCUT2D eigenvalue weighted by Crippen LogP contribution is 2.20. The Morgan fingerprint density at radius 3 is 2.71 bits per heavy atom. The van der Waals surface area contributed by atoms with E-state index in [9.17, 15) is 9.59 Å². The number of amides is 2. The molecule has 1 atom stereocenters. The third-order valence-corrected chi connectivity index (χ3v) is 6.19. The van der Waals surface area contributed by atoms with Gasteiger partial charge in [0.2, 0.25) is 11.8 Å². The number of rotatable bonds is 6. The molecule has 4 rings (SSSR count). The van der Waals surface area contributed by atoms with Gasteiger partial charge in [-0.25, -0.2) is 0 Å². The van der Waals surface area contributed by atoms with Crippen LogP contribution in [0.25, 0.3) is 10.9 Å². The summed E-state index contributed by atoms with van der Waals surface area (Å²) in [5.41, 5.74) is 2.11. The molecule has 28 heavy (non-hydrogen) atoms. The van der Waals surface area contributed by atoms with Crippen LogP contribution in [0, 0.1) is 0 Å². The van der Waals surface area contributed by atoms with Crippen LogP contribution in [-0.2, 0) is 22.4 Å². The minimum atomic E-state index is -0.537. The van der Waals surface area contributed by atoms with Crippen molar-refractivity contribution in [3.8, 4) is 0 Å². The Morgan fingerprint density at radius 2 is 1.93 bits per heavy atom. The minimum Gasteiger partial charge on any atom is -0.361 e. The van der Waals surface area contributed by atoms with Crippen molar-refractivity contribution in [1.29, 1.82) is 0 Å². The summed E-state index contributed by atoms with van der Waals surface area (Å²) in [5.74, 6) is -0.0674. The molecule has 2 N–H and O–H groups in total. The van der Waals surface area contributed by atoms with Gasteiger partial charge in [0, 0.05) is 41.5 Å². The third-order valence-electron chi connectivity index (χ3n) is 5.31. The van der Waals surface area contributed by atoms with E-state index in [4.69, 9.17) is 0 Å². The van der Waals surface area contributed by atoms with Gasteiger partial charge < -0.3 is 15.2 Å². The van der Waals surface area contributed by atoms with E-state index in [-0.39, 0.29) is 11.8 Å². The Balaban J connectivity index is 1.53. The number of benzene rings is 1. The van der Waals surface area contributed by atoms with E-state index >= 15 is 0 Å². The summed E-state index contributed by atoms with van der Waals surface area (Å²) in [6, 6.07) is 11.4. The number of aromatic amines is 1. The van der Waals surface area contributed by atoms with Gasteiger partial charge in [0.1, 0.15) is 6.04 Å². The van der Waals surface area contributed by atoms with Crippen molar-refractivity contribution < 1.29 is 9.59 Å². The lowest BCUT2D eigenvalue weighted by atomic mass is 10.0. The largest absolute Gasteiger partial charge is 0.361 e. The molecule has 1 aromatic carbocycles. The van der Waals surface area contributed by atoms with E-state index < -0.39 is 6.04 Å². The van der Waals surface area contributed by atoms with Gasteiger partial charge in [-0.05, 0) is 42.3 Å². The molecule has 146 valence electrons. The molecule has 2 amide bonds. The highest BCUT2D eigenvalue weighted by Gasteiger charge is 2.28. The number of thiophene rings is 1. The van der Waals surface area contributed by atoms with Crippen LogP contribution in [0.5, 0.6) is 0 Å². The molecule has 0 aliphatic carbocycles. The molecular weight excluding hydrogens is 370 g/mol. The SMILES string of the molecule is O=C(Cc1cccs1)N[C@@H](Cc1c[nH]c2ccccc12)C(=O)N1CCCCC1. The third kappa shape index (κ3) is 4.28. The van der Waals surface area contributed by atoms with Crippen molar-refractivity contribution in [1.82, 2.24) is 15.2 Å². The highest BCUT2D eigenvalue weighted by atomic mass is 32.1. The quantitative estimate of drug-likeness (QED) is 0.671. The highest BCUT2D eigenvalue weighted by molar-refractivity contribution is 7.10. The molecule has 1 aliphatic rings. The number of hydrogen-bond acceptors (Lipinski definition) is 3. The van der Waals surface area contributed by atoms with E-state index in [0.29, 0.717) is 12.8 Å². The van der Waals surface area contributed by atoms with E-state index in [1.165, 1.54) is 6.42 Å². The predicted octanol–water partition coefficient (Wildman–Crippen LogP) is 3.51. The Kier molecular flexibility index (Phi) is 5.76. The van der Waals surface area contributed by atoms with E-state index in [2.05, 4.69) is 16.4 Å². The summed E-state index contributed by atoms with van der Waals surface area (Å²) in [7, 11) is 0. The minimum absolute atomic E-state index is 0.0320. The molecule has 1 aliphatic heterocycles. The molecule has 3 heterocycles. The van der Waals surface area contributed by atoms with Crippen LogP contribution in [0.3, 0.4) is 0 Å². The standard InChI is InChI=1S/C22H25N3O2S/c26-21(14-17-7-6-12-28-17)24-20(22(27)25-10-4-1-5-11-25)13-16-15-23-19-9-3-2-8-18(16)19/h2-3,6-9,12,15,20,23H,1,4-5,10-11,13-14H2,(H,24,26)/t20-/m0/s1. The number of fused-ring (bicyclic) bond motifs is 1. The van der Waals surface area contributed by atoms with Gasteiger partial charge >= 0.3 is 0 Å². The molecule has 0 radical (unpaired) electrons. The number of likely N-dealkylation sites (tertiary alicyclic amines) is 1. The molecule has 0 bridgehead atoms. The van der Waals surface area contributed by atoms with Gasteiger partial charge in [-0.3, -0.25) is 9.59 Å². The van der Waals surface area contributed by atoms with Crippen molar-refractivity contribution in [3.05, 3.63) is 58.4 Å². The average molecular weight is 396 g/mol. The number of nitrogens with one attached hydrogen (secondary N) is 2. The second-order valence-electron chi connectivity index (χ2n) is 7.33. The monoisotopic (exact) mass is 395 g/mol. The average Bonchev–Trinajstić information content (AvgIpc) is 3.38. The molecule has 5 nitrogen and oxygen atoms in total. The van der Waals surface area contributed by atoms with Crippen LogP contribution in [0.15, 0.2) is 48.0 Å². The topological polar surface area (TPSA) is 65.2 Å². The van der Waals surface area contributed by atoms with Crippen LogP contribution < -0.4 is 5.32 Å². The van der Waals surface area contributed by atoms with Crippen molar-refractivity contribution >= 4 is 34.1 Å². The molecule has 6 heteroatoms. The summed E-state index contributed by atoms with van der Waals surface area (Å²) in [5, 5.41) is 6.08. The second kappa shape index (κ2) is 8.61. The van der Waals surface area contributed by atoms with Crippen LogP contribution in [-0.4, -0.2) is 40.8 Å². The van der Waals surface area contributed by atoms with Crippen LogP contribution in [0.4, 0.5) is 0 Å². The van der Waals surface area contributed by atoms with Gasteiger partial charge in [-0.1, -0.05) is 24.3 Å². The van der Waals surface area contributed by atoms with Crippen LogP contribution in [0.2, 0.25) is 0 Å². The number of hydrogen-bond donors (Lipinski definition) is 2. The van der Waals surface area contributed by atoms with Crippen LogP contribution >= 0.6 is 11.3 Å². The maximum absolute atomic E-state index is 13.2. The first-order chi connectivity index (χ1) is 13.7. The lowest BCUT2D eigenvalue weighted by molar-refractivity contribution is -0.137. The molecule has 0 unspecified atom stereocenters. The van der Waals surface area contributed by atoms with E-state index in [1.54, 1.807) is 11.3 Å². The summed E-state index contributed by atoms with van der Waals surface area (Å²) < 4.78 is 0. The summed E-state index contributed by atoms with van der Waals surface area (Å²) in [4.78, 5) is 32.0. The number of aromatic nitrogens is 1. The van der Waals surface area contributed by atoms with Crippen molar-refractivity contribution in [2.45, 2.75) is 38.1 Å². The van der Waals surface area contributed by atoms with Gasteiger partial charge in [0.15, 0.2) is 0 Å². The van der Waals surface area contributed by atoms with E-state index in [1.807, 2.05) is 46.8 Å². The van der Waals surface area contributed by atoms with Gasteiger partial charge in [-0.2, -0.15) is 0 Å². The second-order valence-corrected chi connectivity index (χ2v) is 8.36. The zero-order chi connectivity index (χ0) is 19.3. The first-order valence-electron chi connectivity index (χ1n) is 9.86. The molecule has 1 fully saturated rings. The molecule has 2 aromatic heterocycles. The van der Waals surface area contributed by atoms with Crippen LogP contribution in [0.1, 0.15) is 29.7 Å². The molecule has 1 saturated heterocycles. The van der Waals surface area contributed by atoms with Crippen molar-refractivity contribution in [2.24, 2.45) is 0 Å². The first kappa shape index (κ1) is 18.7. The molecule has 0 spiro atoms. The fourth-order valence-electron chi connectivity index (χ4n) is 3.87. The van der Waals surface area contributed by atoms with E-state index in [0.717, 1.165) is 47.3 Å². The summed E-state index contributed by atoms with van der Waals surface area (Å²) in [6.07, 6.45) is 6.00. The fraction of sp³-hybridized carbons (Fsp3) is 0.364. The molecule has 0 saturated carbocycles. The first-order valence-corrected chi connectivity index (χ1v) is 10.7. The van der Waals surface area contributed by atoms with Crippen molar-refractivity contribution in [3.63, 3.8) is 0 Å². The predicted molar refractivity (Wildman–Crippen MR) is 112 cm³/mol. The number of piperidine rings is 1. The number of nitrogens with zero attached hydrogens (tertiary/aromatic N) is 1. The lowest BCUT2D eigenvalue weighted by Gasteiger charge is -2.30. The normalized spacial score (nSPS) is 15.5. The van der Waals surface area contributed by atoms with Crippen molar-refractivity contribution in [2.75, 3.05) is 13.1 Å². The molecule has 3 aromatic rings. The lowest BCUT2D eigenvalue weighted by Crippen LogP contribution is -2.51. The van der Waals surface area contributed by atoms with Gasteiger partial charge in [0.25, 0.3) is 0 Å². The Labute approximate surface area is 168 Å². The smallest absolute Gasteiger partial charge is 0.245 e. The fourth-order valence-corrected chi connectivity index (χ4v) is 4.58. The number of carbonyl (C=O) groups is 2. The molecular formula is C22H25N3O2S. The van der Waals surface area contributed by atoms with Gasteiger partial charge in [-0.15, -0.1) is 11.3 Å². The maximum atomic E-state index is 13.2. The Morgan fingerprint density at radius 1 is 1.11 bits per heavy atom. The summed E-state index contributed by atoms with van der Waals surface area (Å²) in [6.45, 7) is 1.56. The Bertz CT molecular complexity index is 942.